The van der Waals surface area contributed by atoms with E-state index in [-0.39, 0.29) is 18.0 Å². The van der Waals surface area contributed by atoms with Crippen LogP contribution in [-0.4, -0.2) is 30.3 Å². The van der Waals surface area contributed by atoms with Gasteiger partial charge in [0, 0.05) is 19.2 Å². The zero-order chi connectivity index (χ0) is 15.0. The molecule has 0 aliphatic heterocycles. The molecule has 0 radical (unpaired) electrons. The first-order valence-electron chi connectivity index (χ1n) is 6.75. The number of rotatable bonds is 9. The second kappa shape index (κ2) is 8.50. The van der Waals surface area contributed by atoms with Crippen LogP contribution in [0.5, 0.6) is 5.75 Å². The molecule has 1 aromatic carbocycles. The highest BCUT2D eigenvalue weighted by molar-refractivity contribution is 5.48. The summed E-state index contributed by atoms with van der Waals surface area (Å²) < 4.78 is 4.96. The van der Waals surface area contributed by atoms with Gasteiger partial charge < -0.3 is 15.2 Å². The molecule has 1 atom stereocenters. The lowest BCUT2D eigenvalue weighted by Crippen LogP contribution is -2.22. The second-order valence-corrected chi connectivity index (χ2v) is 4.68. The largest absolute Gasteiger partial charge is 0.490 e. The summed E-state index contributed by atoms with van der Waals surface area (Å²) in [5.41, 5.74) is 0.825. The van der Waals surface area contributed by atoms with E-state index < -0.39 is 4.92 Å². The monoisotopic (exact) mass is 282 g/mol. The molecule has 6 nitrogen and oxygen atoms in total. The van der Waals surface area contributed by atoms with E-state index in [1.54, 1.807) is 6.07 Å². The number of hydrogen-bond donors (Lipinski definition) is 2. The molecule has 2 N–H and O–H groups in total. The summed E-state index contributed by atoms with van der Waals surface area (Å²) in [7, 11) is 1.42. The molecule has 0 spiro atoms. The van der Waals surface area contributed by atoms with Crippen molar-refractivity contribution in [2.75, 3.05) is 20.3 Å². The summed E-state index contributed by atoms with van der Waals surface area (Å²) in [6, 6.07) is 4.95. The molecule has 0 saturated heterocycles. The molecule has 0 bridgehead atoms. The van der Waals surface area contributed by atoms with E-state index in [0.717, 1.165) is 24.9 Å². The van der Waals surface area contributed by atoms with Crippen LogP contribution in [0.1, 0.15) is 25.3 Å². The molecule has 0 aromatic heterocycles. The highest BCUT2D eigenvalue weighted by Gasteiger charge is 2.15. The van der Waals surface area contributed by atoms with Gasteiger partial charge in [-0.25, -0.2) is 0 Å². The number of nitrogens with one attached hydrogen (secondary N) is 1. The minimum atomic E-state index is -0.442. The van der Waals surface area contributed by atoms with Crippen LogP contribution in [0, 0.1) is 16.0 Å². The Morgan fingerprint density at radius 3 is 2.80 bits per heavy atom. The van der Waals surface area contributed by atoms with Crippen LogP contribution < -0.4 is 10.1 Å². The molecule has 0 fully saturated rings. The first-order valence-corrected chi connectivity index (χ1v) is 6.75. The van der Waals surface area contributed by atoms with E-state index in [4.69, 9.17) is 9.84 Å². The highest BCUT2D eigenvalue weighted by atomic mass is 16.6. The summed E-state index contributed by atoms with van der Waals surface area (Å²) in [5, 5.41) is 23.1. The summed E-state index contributed by atoms with van der Waals surface area (Å²) in [6.07, 6.45) is 1.77. The quantitative estimate of drug-likeness (QED) is 0.535. The van der Waals surface area contributed by atoms with Crippen molar-refractivity contribution in [3.8, 4) is 5.75 Å². The van der Waals surface area contributed by atoms with Crippen LogP contribution in [-0.2, 0) is 6.54 Å². The molecule has 1 unspecified atom stereocenters. The van der Waals surface area contributed by atoms with Crippen molar-refractivity contribution in [1.29, 1.82) is 0 Å². The van der Waals surface area contributed by atoms with Gasteiger partial charge in [0.25, 0.3) is 0 Å². The molecule has 1 rings (SSSR count). The Morgan fingerprint density at radius 1 is 1.50 bits per heavy atom. The van der Waals surface area contributed by atoms with Crippen LogP contribution in [0.25, 0.3) is 0 Å². The number of nitro groups is 1. The average Bonchev–Trinajstić information content (AvgIpc) is 2.46. The number of methoxy groups -OCH3 is 1. The summed E-state index contributed by atoms with van der Waals surface area (Å²) in [5.74, 6) is 0.693. The van der Waals surface area contributed by atoms with Crippen molar-refractivity contribution in [2.24, 2.45) is 5.92 Å². The van der Waals surface area contributed by atoms with Crippen molar-refractivity contribution in [1.82, 2.24) is 5.32 Å². The predicted octanol–water partition coefficient (Wildman–Crippen LogP) is 2.10. The van der Waals surface area contributed by atoms with Crippen molar-refractivity contribution >= 4 is 5.69 Å². The zero-order valence-electron chi connectivity index (χ0n) is 12.0. The lowest BCUT2D eigenvalue weighted by Gasteiger charge is -2.14. The maximum Gasteiger partial charge on any atom is 0.311 e. The maximum absolute atomic E-state index is 10.9. The Hall–Kier alpha value is -1.66. The van der Waals surface area contributed by atoms with Gasteiger partial charge in [0.05, 0.1) is 12.0 Å². The number of nitro benzene ring substituents is 1. The SMILES string of the molecule is CCC(CCO)CNCc1ccc(OC)c([N+](=O)[O-])c1. The number of ether oxygens (including phenoxy) is 1. The summed E-state index contributed by atoms with van der Waals surface area (Å²) in [4.78, 5) is 10.5. The minimum Gasteiger partial charge on any atom is -0.490 e. The third-order valence-electron chi connectivity index (χ3n) is 3.32. The van der Waals surface area contributed by atoms with Gasteiger partial charge in [-0.1, -0.05) is 19.4 Å². The average molecular weight is 282 g/mol. The van der Waals surface area contributed by atoms with Crippen molar-refractivity contribution in [3.63, 3.8) is 0 Å². The smallest absolute Gasteiger partial charge is 0.311 e. The first kappa shape index (κ1) is 16.4. The van der Waals surface area contributed by atoms with Gasteiger partial charge in [0.2, 0.25) is 0 Å². The number of aliphatic hydroxyl groups is 1. The van der Waals surface area contributed by atoms with Crippen molar-refractivity contribution < 1.29 is 14.8 Å². The van der Waals surface area contributed by atoms with Gasteiger partial charge in [-0.15, -0.1) is 0 Å². The first-order chi connectivity index (χ1) is 9.62. The van der Waals surface area contributed by atoms with Crippen molar-refractivity contribution in [2.45, 2.75) is 26.3 Å². The molecule has 0 aliphatic carbocycles. The number of hydrogen-bond acceptors (Lipinski definition) is 5. The Bertz CT molecular complexity index is 437. The molecule has 0 amide bonds. The van der Waals surface area contributed by atoms with E-state index in [1.165, 1.54) is 13.2 Å². The van der Waals surface area contributed by atoms with Crippen LogP contribution in [0.3, 0.4) is 0 Å². The van der Waals surface area contributed by atoms with Crippen LogP contribution >= 0.6 is 0 Å². The Morgan fingerprint density at radius 2 is 2.25 bits per heavy atom. The molecule has 0 saturated carbocycles. The third kappa shape index (κ3) is 4.79. The number of benzene rings is 1. The van der Waals surface area contributed by atoms with Gasteiger partial charge in [0.15, 0.2) is 5.75 Å². The summed E-state index contributed by atoms with van der Waals surface area (Å²) in [6.45, 7) is 3.62. The minimum absolute atomic E-state index is 0.0193. The van der Waals surface area contributed by atoms with Crippen LogP contribution in [0.15, 0.2) is 18.2 Å². The molecule has 112 valence electrons. The maximum atomic E-state index is 10.9. The number of aliphatic hydroxyl groups excluding tert-OH is 1. The van der Waals surface area contributed by atoms with E-state index >= 15 is 0 Å². The van der Waals surface area contributed by atoms with Gasteiger partial charge >= 0.3 is 5.69 Å². The fourth-order valence-corrected chi connectivity index (χ4v) is 2.04. The van der Waals surface area contributed by atoms with Crippen LogP contribution in [0.2, 0.25) is 0 Å². The zero-order valence-corrected chi connectivity index (χ0v) is 12.0. The fourth-order valence-electron chi connectivity index (χ4n) is 2.04. The standard InChI is InChI=1S/C14H22N2O4/c1-3-11(6-7-17)9-15-10-12-4-5-14(20-2)13(8-12)16(18)19/h4-5,8,11,15,17H,3,6-7,9-10H2,1-2H3. The van der Waals surface area contributed by atoms with E-state index in [0.29, 0.717) is 12.5 Å². The van der Waals surface area contributed by atoms with E-state index in [1.807, 2.05) is 6.07 Å². The lowest BCUT2D eigenvalue weighted by atomic mass is 10.0. The van der Waals surface area contributed by atoms with Crippen molar-refractivity contribution in [3.05, 3.63) is 33.9 Å². The number of nitrogens with zero attached hydrogens (tertiary/aromatic N) is 1. The molecule has 0 heterocycles. The molecule has 6 heteroatoms. The summed E-state index contributed by atoms with van der Waals surface area (Å²) >= 11 is 0. The van der Waals surface area contributed by atoms with E-state index in [2.05, 4.69) is 12.2 Å². The van der Waals surface area contributed by atoms with E-state index in [9.17, 15) is 10.1 Å². The third-order valence-corrected chi connectivity index (χ3v) is 3.32. The van der Waals surface area contributed by atoms with Gasteiger partial charge in [0.1, 0.15) is 0 Å². The van der Waals surface area contributed by atoms with Gasteiger partial charge in [-0.05, 0) is 30.5 Å². The normalized spacial score (nSPS) is 12.2. The second-order valence-electron chi connectivity index (χ2n) is 4.68. The molecular formula is C14H22N2O4. The Balaban J connectivity index is 2.60. The molecule has 1 aromatic rings. The van der Waals surface area contributed by atoms with Crippen LogP contribution in [0.4, 0.5) is 5.69 Å². The molecule has 0 aliphatic rings. The Kier molecular flexibility index (Phi) is 6.97. The van der Waals surface area contributed by atoms with Gasteiger partial charge in [-0.2, -0.15) is 0 Å². The lowest BCUT2D eigenvalue weighted by molar-refractivity contribution is -0.385. The molecule has 20 heavy (non-hydrogen) atoms. The highest BCUT2D eigenvalue weighted by Crippen LogP contribution is 2.27. The molecular weight excluding hydrogens is 260 g/mol. The van der Waals surface area contributed by atoms with Gasteiger partial charge in [-0.3, -0.25) is 10.1 Å². The fraction of sp³-hybridized carbons (Fsp3) is 0.571. The topological polar surface area (TPSA) is 84.6 Å². The predicted molar refractivity (Wildman–Crippen MR) is 76.8 cm³/mol. The Labute approximate surface area is 118 Å².